The number of rotatable bonds is 1. The summed E-state index contributed by atoms with van der Waals surface area (Å²) in [6.45, 7) is 3.73. The second-order valence-electron chi connectivity index (χ2n) is 5.17. The van der Waals surface area contributed by atoms with Gasteiger partial charge in [0, 0.05) is 11.8 Å². The van der Waals surface area contributed by atoms with Crippen molar-refractivity contribution in [3.8, 4) is 11.8 Å². The molecule has 0 amide bonds. The molecule has 1 aliphatic rings. The zero-order valence-electron chi connectivity index (χ0n) is 11.6. The van der Waals surface area contributed by atoms with Gasteiger partial charge in [0.25, 0.3) is 0 Å². The predicted octanol–water partition coefficient (Wildman–Crippen LogP) is 3.57. The maximum absolute atomic E-state index is 9.08. The molecule has 0 saturated carbocycles. The quantitative estimate of drug-likeness (QED) is 0.808. The molecule has 4 nitrogen and oxygen atoms in total. The molecule has 21 heavy (non-hydrogen) atoms. The highest BCUT2D eigenvalue weighted by Gasteiger charge is 2.30. The van der Waals surface area contributed by atoms with E-state index in [1.54, 1.807) is 36.5 Å². The largest absolute Gasteiger partial charge is 0.466 e. The Labute approximate surface area is 127 Å². The summed E-state index contributed by atoms with van der Waals surface area (Å²) in [5, 5.41) is 9.60. The molecule has 1 aromatic heterocycles. The predicted molar refractivity (Wildman–Crippen MR) is 80.8 cm³/mol. The van der Waals surface area contributed by atoms with Gasteiger partial charge in [-0.3, -0.25) is 4.98 Å². The van der Waals surface area contributed by atoms with Crippen molar-refractivity contribution >= 4 is 17.3 Å². The van der Waals surface area contributed by atoms with Crippen molar-refractivity contribution in [3.63, 3.8) is 0 Å². The fourth-order valence-electron chi connectivity index (χ4n) is 2.24. The van der Waals surface area contributed by atoms with Crippen LogP contribution in [-0.2, 0) is 0 Å². The summed E-state index contributed by atoms with van der Waals surface area (Å²) < 4.78 is 5.84. The number of benzene rings is 1. The minimum absolute atomic E-state index is 0.516. The normalized spacial score (nSPS) is 15.4. The van der Waals surface area contributed by atoms with Crippen LogP contribution < -0.4 is 4.74 Å². The van der Waals surface area contributed by atoms with Crippen LogP contribution in [0.25, 0.3) is 0 Å². The lowest BCUT2D eigenvalue weighted by Gasteiger charge is -2.30. The first-order valence-corrected chi connectivity index (χ1v) is 6.82. The smallest absolute Gasteiger partial charge is 0.195 e. The molecule has 0 atom stereocenters. The first-order chi connectivity index (χ1) is 10.00. The standard InChI is InChI=1S/C16H12ClN3O/c1-16(2)20-14(15-12(17)4-3-7-19-15)11-8-10(9-18)5-6-13(11)21-16/h3-8H,1-2H3. The Morgan fingerprint density at radius 2 is 2.10 bits per heavy atom. The fraction of sp³-hybridized carbons (Fsp3) is 0.188. The van der Waals surface area contributed by atoms with Gasteiger partial charge in [0.15, 0.2) is 5.72 Å². The Balaban J connectivity index is 2.26. The van der Waals surface area contributed by atoms with Gasteiger partial charge in [0.2, 0.25) is 0 Å². The molecule has 1 aliphatic heterocycles. The van der Waals surface area contributed by atoms with Crippen LogP contribution in [-0.4, -0.2) is 16.4 Å². The van der Waals surface area contributed by atoms with E-state index in [2.05, 4.69) is 16.0 Å². The average molecular weight is 298 g/mol. The fourth-order valence-corrected chi connectivity index (χ4v) is 2.45. The van der Waals surface area contributed by atoms with E-state index in [4.69, 9.17) is 21.6 Å². The lowest BCUT2D eigenvalue weighted by Crippen LogP contribution is -2.32. The maximum atomic E-state index is 9.08. The minimum Gasteiger partial charge on any atom is -0.466 e. The van der Waals surface area contributed by atoms with Crippen LogP contribution in [0.5, 0.6) is 5.75 Å². The minimum atomic E-state index is -0.711. The van der Waals surface area contributed by atoms with E-state index in [1.165, 1.54) is 0 Å². The van der Waals surface area contributed by atoms with Crippen LogP contribution in [0.15, 0.2) is 41.5 Å². The lowest BCUT2D eigenvalue weighted by molar-refractivity contribution is 0.115. The highest BCUT2D eigenvalue weighted by molar-refractivity contribution is 6.35. The molecular weight excluding hydrogens is 286 g/mol. The van der Waals surface area contributed by atoms with E-state index < -0.39 is 5.72 Å². The second-order valence-corrected chi connectivity index (χ2v) is 5.57. The third kappa shape index (κ3) is 2.48. The molecule has 1 aromatic carbocycles. The van der Waals surface area contributed by atoms with Gasteiger partial charge < -0.3 is 4.74 Å². The van der Waals surface area contributed by atoms with Crippen LogP contribution in [0.3, 0.4) is 0 Å². The number of aliphatic imine (C=N–C) groups is 1. The lowest BCUT2D eigenvalue weighted by atomic mass is 10.0. The summed E-state index contributed by atoms with van der Waals surface area (Å²) in [4.78, 5) is 8.92. The monoisotopic (exact) mass is 297 g/mol. The second kappa shape index (κ2) is 4.87. The van der Waals surface area contributed by atoms with Crippen molar-refractivity contribution in [1.82, 2.24) is 4.98 Å². The molecule has 2 heterocycles. The van der Waals surface area contributed by atoms with Crippen molar-refractivity contribution < 1.29 is 4.74 Å². The van der Waals surface area contributed by atoms with Gasteiger partial charge in [-0.2, -0.15) is 5.26 Å². The molecule has 0 spiro atoms. The van der Waals surface area contributed by atoms with Crippen molar-refractivity contribution in [1.29, 1.82) is 5.26 Å². The van der Waals surface area contributed by atoms with E-state index in [1.807, 2.05) is 13.8 Å². The van der Waals surface area contributed by atoms with Crippen LogP contribution in [0.4, 0.5) is 0 Å². The Morgan fingerprint density at radius 3 is 2.81 bits per heavy atom. The maximum Gasteiger partial charge on any atom is 0.195 e. The summed E-state index contributed by atoms with van der Waals surface area (Å²) >= 11 is 6.24. The van der Waals surface area contributed by atoms with Gasteiger partial charge in [-0.1, -0.05) is 11.6 Å². The SMILES string of the molecule is CC1(C)N=C(c2ncccc2Cl)c2cc(C#N)ccc2O1. The number of fused-ring (bicyclic) bond motifs is 1. The van der Waals surface area contributed by atoms with Crippen molar-refractivity contribution in [2.24, 2.45) is 4.99 Å². The Bertz CT molecular complexity index is 790. The highest BCUT2D eigenvalue weighted by atomic mass is 35.5. The molecule has 0 N–H and O–H groups in total. The van der Waals surface area contributed by atoms with Gasteiger partial charge in [-0.05, 0) is 44.2 Å². The first kappa shape index (κ1) is 13.6. The van der Waals surface area contributed by atoms with Gasteiger partial charge in [-0.25, -0.2) is 4.99 Å². The molecule has 104 valence electrons. The van der Waals surface area contributed by atoms with Crippen LogP contribution in [0, 0.1) is 11.3 Å². The summed E-state index contributed by atoms with van der Waals surface area (Å²) in [6, 6.07) is 10.9. The Kier molecular flexibility index (Phi) is 3.15. The Morgan fingerprint density at radius 1 is 1.29 bits per heavy atom. The van der Waals surface area contributed by atoms with E-state index in [9.17, 15) is 0 Å². The zero-order chi connectivity index (χ0) is 15.0. The van der Waals surface area contributed by atoms with Gasteiger partial charge in [0.1, 0.15) is 17.2 Å². The third-order valence-corrected chi connectivity index (χ3v) is 3.39. The molecule has 3 rings (SSSR count). The Hall–Kier alpha value is -2.38. The molecular formula is C16H12ClN3O. The molecule has 0 fully saturated rings. The summed E-state index contributed by atoms with van der Waals surface area (Å²) in [5.74, 6) is 0.672. The summed E-state index contributed by atoms with van der Waals surface area (Å²) in [7, 11) is 0. The first-order valence-electron chi connectivity index (χ1n) is 6.44. The molecule has 0 unspecified atom stereocenters. The number of halogens is 1. The zero-order valence-corrected chi connectivity index (χ0v) is 12.3. The van der Waals surface area contributed by atoms with E-state index in [0.29, 0.717) is 27.7 Å². The van der Waals surface area contributed by atoms with Crippen molar-refractivity contribution in [2.45, 2.75) is 19.6 Å². The van der Waals surface area contributed by atoms with Gasteiger partial charge in [0.05, 0.1) is 16.7 Å². The van der Waals surface area contributed by atoms with Crippen LogP contribution >= 0.6 is 11.6 Å². The molecule has 5 heteroatoms. The third-order valence-electron chi connectivity index (χ3n) is 3.09. The number of hydrogen-bond acceptors (Lipinski definition) is 4. The van der Waals surface area contributed by atoms with Crippen LogP contribution in [0.1, 0.15) is 30.7 Å². The van der Waals surface area contributed by atoms with Gasteiger partial charge >= 0.3 is 0 Å². The average Bonchev–Trinajstić information content (AvgIpc) is 2.46. The molecule has 0 radical (unpaired) electrons. The number of hydrogen-bond donors (Lipinski definition) is 0. The molecule has 0 aliphatic carbocycles. The van der Waals surface area contributed by atoms with E-state index in [0.717, 1.165) is 5.56 Å². The van der Waals surface area contributed by atoms with Crippen molar-refractivity contribution in [2.75, 3.05) is 0 Å². The van der Waals surface area contributed by atoms with E-state index in [-0.39, 0.29) is 0 Å². The molecule has 0 bridgehead atoms. The summed E-state index contributed by atoms with van der Waals surface area (Å²) in [5.41, 5.74) is 1.79. The number of nitriles is 1. The molecule has 0 saturated heterocycles. The van der Waals surface area contributed by atoms with Crippen LogP contribution in [0.2, 0.25) is 5.02 Å². The highest BCUT2D eigenvalue weighted by Crippen LogP contribution is 2.34. The van der Waals surface area contributed by atoms with Gasteiger partial charge in [-0.15, -0.1) is 0 Å². The number of pyridine rings is 1. The number of nitrogens with zero attached hydrogens (tertiary/aromatic N) is 3. The van der Waals surface area contributed by atoms with Crippen molar-refractivity contribution in [3.05, 3.63) is 58.4 Å². The number of aromatic nitrogens is 1. The summed E-state index contributed by atoms with van der Waals surface area (Å²) in [6.07, 6.45) is 1.67. The van der Waals surface area contributed by atoms with E-state index >= 15 is 0 Å². The number of ether oxygens (including phenoxy) is 1. The topological polar surface area (TPSA) is 58.3 Å². The molecule has 2 aromatic rings.